The number of para-hydroxylation sites is 2. The zero-order valence-corrected chi connectivity index (χ0v) is 9.89. The molecule has 0 bridgehead atoms. The van der Waals surface area contributed by atoms with E-state index in [1.54, 1.807) is 24.3 Å². The minimum Gasteiger partial charge on any atom is -0.495 e. The van der Waals surface area contributed by atoms with Gasteiger partial charge in [-0.15, -0.1) is 0 Å². The maximum Gasteiger partial charge on any atom is 0.440 e. The molecule has 7 heteroatoms. The number of aryl methyl sites for hydroxylation is 1. The number of carbonyl (C=O) groups excluding carboxylic acids is 1. The number of nitrogens with one attached hydrogen (secondary N) is 2. The van der Waals surface area contributed by atoms with Crippen molar-refractivity contribution in [1.82, 2.24) is 5.27 Å². The molecule has 0 aliphatic carbocycles. The van der Waals surface area contributed by atoms with Gasteiger partial charge in [-0.05, 0) is 17.4 Å². The molecule has 0 radical (unpaired) electrons. The van der Waals surface area contributed by atoms with E-state index >= 15 is 0 Å². The fourth-order valence-corrected chi connectivity index (χ4v) is 1.52. The smallest absolute Gasteiger partial charge is 0.440 e. The number of rotatable bonds is 3. The van der Waals surface area contributed by atoms with Gasteiger partial charge < -0.3 is 10.1 Å². The molecule has 2 N–H and O–H groups in total. The van der Waals surface area contributed by atoms with E-state index in [0.29, 0.717) is 11.4 Å². The Morgan fingerprint density at radius 1 is 1.44 bits per heavy atom. The Balaban J connectivity index is 2.30. The lowest BCUT2D eigenvalue weighted by Crippen LogP contribution is -2.41. The molecule has 0 unspecified atom stereocenters. The van der Waals surface area contributed by atoms with Crippen LogP contribution in [0.5, 0.6) is 5.75 Å². The van der Waals surface area contributed by atoms with Crippen LogP contribution in [0, 0.1) is 0 Å². The molecule has 0 fully saturated rings. The molecule has 1 aromatic heterocycles. The van der Waals surface area contributed by atoms with Crippen molar-refractivity contribution in [2.45, 2.75) is 0 Å². The van der Waals surface area contributed by atoms with E-state index in [4.69, 9.17) is 4.74 Å². The van der Waals surface area contributed by atoms with E-state index in [2.05, 4.69) is 15.1 Å². The van der Waals surface area contributed by atoms with Crippen molar-refractivity contribution in [2.75, 3.05) is 12.4 Å². The number of hydrogen-bond donors (Lipinski definition) is 2. The molecular weight excluding hydrogens is 238 g/mol. The lowest BCUT2D eigenvalue weighted by molar-refractivity contribution is -0.741. The van der Waals surface area contributed by atoms with Gasteiger partial charge in [0, 0.05) is 0 Å². The number of nitrogens with zero attached hydrogens (tertiary/aromatic N) is 1. The van der Waals surface area contributed by atoms with Gasteiger partial charge in [0.2, 0.25) is 0 Å². The van der Waals surface area contributed by atoms with E-state index in [1.165, 1.54) is 18.8 Å². The Kier molecular flexibility index (Phi) is 3.13. The second-order valence-electron chi connectivity index (χ2n) is 3.54. The van der Waals surface area contributed by atoms with Gasteiger partial charge in [0.1, 0.15) is 5.75 Å². The summed E-state index contributed by atoms with van der Waals surface area (Å²) in [7, 11) is 3.00. The Morgan fingerprint density at radius 3 is 2.78 bits per heavy atom. The first-order chi connectivity index (χ1) is 8.63. The van der Waals surface area contributed by atoms with E-state index in [-0.39, 0.29) is 5.69 Å². The van der Waals surface area contributed by atoms with Gasteiger partial charge >= 0.3 is 17.2 Å². The summed E-state index contributed by atoms with van der Waals surface area (Å²) in [5.41, 5.74) is -0.378. The van der Waals surface area contributed by atoms with Crippen LogP contribution < -0.4 is 20.4 Å². The van der Waals surface area contributed by atoms with Crippen molar-refractivity contribution in [2.24, 2.45) is 7.05 Å². The van der Waals surface area contributed by atoms with Crippen molar-refractivity contribution in [3.8, 4) is 5.75 Å². The second-order valence-corrected chi connectivity index (χ2v) is 3.54. The molecule has 1 aromatic carbocycles. The van der Waals surface area contributed by atoms with Crippen molar-refractivity contribution in [3.05, 3.63) is 40.4 Å². The Hall–Kier alpha value is -2.57. The topological polar surface area (TPSA) is 88.2 Å². The summed E-state index contributed by atoms with van der Waals surface area (Å²) in [6.07, 6.45) is 0. The largest absolute Gasteiger partial charge is 0.495 e. The van der Waals surface area contributed by atoms with Crippen LogP contribution in [0.3, 0.4) is 0 Å². The van der Waals surface area contributed by atoms with Gasteiger partial charge in [-0.1, -0.05) is 16.8 Å². The van der Waals surface area contributed by atoms with Crippen LogP contribution in [0.4, 0.5) is 5.69 Å². The highest BCUT2D eigenvalue weighted by atomic mass is 16.5. The minimum absolute atomic E-state index is 0.124. The summed E-state index contributed by atoms with van der Waals surface area (Å²) in [5.74, 6) is -0.0644. The molecule has 2 rings (SSSR count). The minimum atomic E-state index is -0.732. The third-order valence-electron chi connectivity index (χ3n) is 2.37. The fourth-order valence-electron chi connectivity index (χ4n) is 1.52. The van der Waals surface area contributed by atoms with Crippen LogP contribution in [0.1, 0.15) is 10.5 Å². The highest BCUT2D eigenvalue weighted by molar-refractivity contribution is 6.02. The number of benzene rings is 1. The number of methoxy groups -OCH3 is 1. The Morgan fingerprint density at radius 2 is 2.17 bits per heavy atom. The van der Waals surface area contributed by atoms with Gasteiger partial charge in [-0.25, -0.2) is 4.79 Å². The molecule has 1 heterocycles. The van der Waals surface area contributed by atoms with Crippen molar-refractivity contribution < 1.29 is 18.7 Å². The van der Waals surface area contributed by atoms with E-state index in [9.17, 15) is 9.59 Å². The zero-order valence-electron chi connectivity index (χ0n) is 9.89. The molecule has 0 saturated carbocycles. The maximum atomic E-state index is 11.9. The monoisotopic (exact) mass is 250 g/mol. The van der Waals surface area contributed by atoms with Gasteiger partial charge in [-0.2, -0.15) is 0 Å². The van der Waals surface area contributed by atoms with Crippen molar-refractivity contribution >= 4 is 11.6 Å². The molecule has 0 atom stereocenters. The summed E-state index contributed by atoms with van der Waals surface area (Å²) in [6.45, 7) is 0. The standard InChI is InChI=1S/C11H11N3O4/c1-14-9(11(16)18-13-14)10(15)12-7-5-3-4-6-8(7)17-2/h3-6H,1-2H3,(H-,12,13,15,16)/p+1. The molecule has 7 nitrogen and oxygen atoms in total. The van der Waals surface area contributed by atoms with Crippen molar-refractivity contribution in [3.63, 3.8) is 0 Å². The van der Waals surface area contributed by atoms with Crippen molar-refractivity contribution in [1.29, 1.82) is 0 Å². The third kappa shape index (κ3) is 2.10. The predicted molar refractivity (Wildman–Crippen MR) is 61.5 cm³/mol. The number of hydrogen-bond acceptors (Lipinski definition) is 4. The quantitative estimate of drug-likeness (QED) is 0.753. The predicted octanol–water partition coefficient (Wildman–Crippen LogP) is 0.0533. The Bertz CT molecular complexity index is 629. The van der Waals surface area contributed by atoms with E-state index in [0.717, 1.165) is 0 Å². The van der Waals surface area contributed by atoms with Gasteiger partial charge in [-0.3, -0.25) is 9.32 Å². The van der Waals surface area contributed by atoms with Crippen LogP contribution in [-0.2, 0) is 7.05 Å². The first kappa shape index (κ1) is 11.9. The van der Waals surface area contributed by atoms with Crippen LogP contribution in [-0.4, -0.2) is 18.3 Å². The molecule has 0 saturated heterocycles. The highest BCUT2D eigenvalue weighted by Gasteiger charge is 2.26. The van der Waals surface area contributed by atoms with Crippen LogP contribution in [0.15, 0.2) is 33.6 Å². The van der Waals surface area contributed by atoms with Crippen LogP contribution >= 0.6 is 0 Å². The summed E-state index contributed by atoms with van der Waals surface area (Å²) >= 11 is 0. The van der Waals surface area contributed by atoms with E-state index < -0.39 is 11.5 Å². The SMILES string of the molecule is COc1ccccc1NC(=O)c1c(=O)o[nH][n+]1C. The lowest BCUT2D eigenvalue weighted by Gasteiger charge is -2.07. The molecule has 0 aliphatic rings. The molecule has 18 heavy (non-hydrogen) atoms. The summed E-state index contributed by atoms with van der Waals surface area (Å²) < 4.78 is 10.8. The van der Waals surface area contributed by atoms with Gasteiger partial charge in [0.05, 0.1) is 12.8 Å². The maximum absolute atomic E-state index is 11.9. The molecular formula is C11H12N3O4+. The average molecular weight is 250 g/mol. The fraction of sp³-hybridized carbons (Fsp3) is 0.182. The van der Waals surface area contributed by atoms with Crippen LogP contribution in [0.2, 0.25) is 0 Å². The number of carbonyl (C=O) groups is 1. The summed E-state index contributed by atoms with van der Waals surface area (Å²) in [5, 5.41) is 4.85. The third-order valence-corrected chi connectivity index (χ3v) is 2.37. The highest BCUT2D eigenvalue weighted by Crippen LogP contribution is 2.22. The average Bonchev–Trinajstić information content (AvgIpc) is 2.69. The van der Waals surface area contributed by atoms with E-state index in [1.807, 2.05) is 0 Å². The molecule has 0 spiro atoms. The zero-order chi connectivity index (χ0) is 13.1. The summed E-state index contributed by atoms with van der Waals surface area (Å²) in [6, 6.07) is 6.90. The van der Waals surface area contributed by atoms with Crippen LogP contribution in [0.25, 0.3) is 0 Å². The molecule has 1 amide bonds. The first-order valence-corrected chi connectivity index (χ1v) is 5.15. The first-order valence-electron chi connectivity index (χ1n) is 5.15. The van der Waals surface area contributed by atoms with Gasteiger partial charge in [0.25, 0.3) is 0 Å². The molecule has 2 aromatic rings. The molecule has 94 valence electrons. The number of ether oxygens (including phenoxy) is 1. The number of H-pyrrole nitrogens is 1. The number of anilines is 1. The number of amides is 1. The second kappa shape index (κ2) is 4.74. The normalized spacial score (nSPS) is 10.1. The Labute approximate surface area is 102 Å². The van der Waals surface area contributed by atoms with Gasteiger partial charge in [0.15, 0.2) is 7.05 Å². The lowest BCUT2D eigenvalue weighted by atomic mass is 10.3. The number of aromatic nitrogens is 2. The number of aromatic amines is 1. The molecule has 0 aliphatic heterocycles. The summed E-state index contributed by atoms with van der Waals surface area (Å²) in [4.78, 5) is 23.2.